The van der Waals surface area contributed by atoms with Crippen molar-refractivity contribution in [3.8, 4) is 11.5 Å². The van der Waals surface area contributed by atoms with Crippen LogP contribution in [0.25, 0.3) is 0 Å². The molecule has 0 atom stereocenters. The van der Waals surface area contributed by atoms with Gasteiger partial charge in [0.15, 0.2) is 11.5 Å². The fourth-order valence-electron chi connectivity index (χ4n) is 3.11. The highest BCUT2D eigenvalue weighted by Gasteiger charge is 2.44. The second kappa shape index (κ2) is 4.80. The third-order valence-corrected chi connectivity index (χ3v) is 4.26. The number of fused-ring (bicyclic) bond motifs is 1. The van der Waals surface area contributed by atoms with Crippen molar-refractivity contribution in [2.75, 3.05) is 5.32 Å². The number of carbonyl (C=O) groups excluding carboxylic acids is 1. The maximum atomic E-state index is 12.2. The Bertz CT molecular complexity index is 728. The first-order valence-electron chi connectivity index (χ1n) is 7.53. The molecule has 2 heterocycles. The third-order valence-electron chi connectivity index (χ3n) is 4.26. The molecule has 1 spiro atoms. The van der Waals surface area contributed by atoms with Gasteiger partial charge >= 0.3 is 0 Å². The fraction of sp³-hybridized carbons (Fsp3) is 0.353. The van der Waals surface area contributed by atoms with Crippen molar-refractivity contribution in [2.24, 2.45) is 0 Å². The van der Waals surface area contributed by atoms with Crippen LogP contribution in [-0.4, -0.2) is 11.7 Å². The van der Waals surface area contributed by atoms with Gasteiger partial charge in [-0.15, -0.1) is 0 Å². The highest BCUT2D eigenvalue weighted by atomic mass is 16.7. The van der Waals surface area contributed by atoms with Crippen LogP contribution in [0.1, 0.15) is 41.8 Å². The van der Waals surface area contributed by atoms with Crippen LogP contribution >= 0.6 is 0 Å². The Labute approximate surface area is 128 Å². The molecule has 4 rings (SSSR count). The average molecular weight is 299 g/mol. The zero-order valence-corrected chi connectivity index (χ0v) is 12.3. The number of anilines is 1. The topological polar surface area (TPSA) is 60.7 Å². The molecule has 2 aliphatic rings. The first-order chi connectivity index (χ1) is 10.7. The highest BCUT2D eigenvalue weighted by molar-refractivity contribution is 6.05. The predicted molar refractivity (Wildman–Crippen MR) is 80.3 cm³/mol. The first kappa shape index (κ1) is 13.2. The SMILES string of the molecule is Cc1occc1C(=O)Nc1ccc2c(c1)OC1(CCCC1)O2. The number of benzene rings is 1. The lowest BCUT2D eigenvalue weighted by Crippen LogP contribution is -2.34. The van der Waals surface area contributed by atoms with E-state index in [1.54, 1.807) is 13.0 Å². The number of aryl methyl sites for hydroxylation is 1. The van der Waals surface area contributed by atoms with Crippen LogP contribution in [0.15, 0.2) is 34.9 Å². The van der Waals surface area contributed by atoms with Crippen LogP contribution in [0.2, 0.25) is 0 Å². The molecular weight excluding hydrogens is 282 g/mol. The lowest BCUT2D eigenvalue weighted by atomic mass is 10.2. The van der Waals surface area contributed by atoms with Gasteiger partial charge in [0.05, 0.1) is 11.8 Å². The van der Waals surface area contributed by atoms with Crippen LogP contribution in [0.3, 0.4) is 0 Å². The molecule has 1 amide bonds. The number of furan rings is 1. The van der Waals surface area contributed by atoms with Crippen LogP contribution in [0, 0.1) is 6.92 Å². The van der Waals surface area contributed by atoms with E-state index in [-0.39, 0.29) is 5.91 Å². The van der Waals surface area contributed by atoms with Crippen LogP contribution in [-0.2, 0) is 0 Å². The van der Waals surface area contributed by atoms with Crippen molar-refractivity contribution < 1.29 is 18.7 Å². The summed E-state index contributed by atoms with van der Waals surface area (Å²) >= 11 is 0. The molecule has 22 heavy (non-hydrogen) atoms. The standard InChI is InChI=1S/C17H17NO4/c1-11-13(6-9-20-11)16(19)18-12-4-5-14-15(10-12)22-17(21-14)7-2-3-8-17/h4-6,9-10H,2-3,7-8H2,1H3,(H,18,19). The van der Waals surface area contributed by atoms with E-state index in [2.05, 4.69) is 5.32 Å². The maximum Gasteiger partial charge on any atom is 0.259 e. The van der Waals surface area contributed by atoms with Crippen molar-refractivity contribution in [3.63, 3.8) is 0 Å². The Balaban J connectivity index is 1.54. The predicted octanol–water partition coefficient (Wildman–Crippen LogP) is 3.88. The molecule has 1 aliphatic carbocycles. The van der Waals surface area contributed by atoms with E-state index in [0.717, 1.165) is 31.4 Å². The number of rotatable bonds is 2. The molecule has 0 unspecified atom stereocenters. The first-order valence-corrected chi connectivity index (χ1v) is 7.53. The minimum atomic E-state index is -0.480. The van der Waals surface area contributed by atoms with Gasteiger partial charge in [0.1, 0.15) is 5.76 Å². The Morgan fingerprint density at radius 1 is 1.14 bits per heavy atom. The molecule has 1 saturated carbocycles. The number of carbonyl (C=O) groups is 1. The minimum absolute atomic E-state index is 0.194. The summed E-state index contributed by atoms with van der Waals surface area (Å²) in [7, 11) is 0. The summed E-state index contributed by atoms with van der Waals surface area (Å²) in [4.78, 5) is 12.2. The average Bonchev–Trinajstić information content (AvgIpc) is 3.19. The van der Waals surface area contributed by atoms with Crippen molar-refractivity contribution in [3.05, 3.63) is 41.9 Å². The smallest absolute Gasteiger partial charge is 0.259 e. The van der Waals surface area contributed by atoms with Crippen molar-refractivity contribution >= 4 is 11.6 Å². The number of ether oxygens (including phenoxy) is 2. The number of amides is 1. The van der Waals surface area contributed by atoms with E-state index in [1.165, 1.54) is 6.26 Å². The second-order valence-corrected chi connectivity index (χ2v) is 5.83. The molecule has 1 N–H and O–H groups in total. The van der Waals surface area contributed by atoms with Gasteiger partial charge in [0.2, 0.25) is 0 Å². The summed E-state index contributed by atoms with van der Waals surface area (Å²) < 4.78 is 17.1. The Hall–Kier alpha value is -2.43. The summed E-state index contributed by atoms with van der Waals surface area (Å²) in [5.74, 6) is 1.37. The fourth-order valence-corrected chi connectivity index (χ4v) is 3.11. The zero-order chi connectivity index (χ0) is 15.2. The normalized spacial score (nSPS) is 17.9. The summed E-state index contributed by atoms with van der Waals surface area (Å²) in [5, 5.41) is 2.86. The molecule has 0 radical (unpaired) electrons. The molecule has 1 aromatic heterocycles. The molecule has 5 heteroatoms. The van der Waals surface area contributed by atoms with Crippen molar-refractivity contribution in [2.45, 2.75) is 38.4 Å². The molecule has 0 saturated heterocycles. The van der Waals surface area contributed by atoms with E-state index in [0.29, 0.717) is 22.8 Å². The summed E-state index contributed by atoms with van der Waals surface area (Å²) in [6.45, 7) is 1.76. The number of nitrogens with one attached hydrogen (secondary N) is 1. The quantitative estimate of drug-likeness (QED) is 0.914. The van der Waals surface area contributed by atoms with E-state index in [4.69, 9.17) is 13.9 Å². The lowest BCUT2D eigenvalue weighted by Gasteiger charge is -2.21. The minimum Gasteiger partial charge on any atom is -0.469 e. The second-order valence-electron chi connectivity index (χ2n) is 5.83. The van der Waals surface area contributed by atoms with Crippen molar-refractivity contribution in [1.82, 2.24) is 0 Å². The van der Waals surface area contributed by atoms with Crippen LogP contribution < -0.4 is 14.8 Å². The van der Waals surface area contributed by atoms with Gasteiger partial charge in [-0.05, 0) is 38.0 Å². The molecule has 1 aliphatic heterocycles. The molecule has 1 fully saturated rings. The van der Waals surface area contributed by atoms with Gasteiger partial charge in [-0.3, -0.25) is 4.79 Å². The van der Waals surface area contributed by atoms with E-state index < -0.39 is 5.79 Å². The number of hydrogen-bond acceptors (Lipinski definition) is 4. The highest BCUT2D eigenvalue weighted by Crippen LogP contribution is 2.47. The molecule has 5 nitrogen and oxygen atoms in total. The Morgan fingerprint density at radius 3 is 2.64 bits per heavy atom. The molecule has 0 bridgehead atoms. The molecule has 2 aromatic rings. The van der Waals surface area contributed by atoms with Gasteiger partial charge in [-0.25, -0.2) is 0 Å². The number of hydrogen-bond donors (Lipinski definition) is 1. The molecule has 114 valence electrons. The van der Waals surface area contributed by atoms with Gasteiger partial charge in [-0.1, -0.05) is 0 Å². The summed E-state index contributed by atoms with van der Waals surface area (Å²) in [5.41, 5.74) is 1.22. The Kier molecular flexibility index (Phi) is 2.89. The summed E-state index contributed by atoms with van der Waals surface area (Å²) in [6.07, 6.45) is 5.58. The van der Waals surface area contributed by atoms with Gasteiger partial charge in [-0.2, -0.15) is 0 Å². The van der Waals surface area contributed by atoms with Crippen LogP contribution in [0.4, 0.5) is 5.69 Å². The van der Waals surface area contributed by atoms with Gasteiger partial charge in [0.25, 0.3) is 11.7 Å². The van der Waals surface area contributed by atoms with Gasteiger partial charge < -0.3 is 19.2 Å². The Morgan fingerprint density at radius 2 is 1.91 bits per heavy atom. The largest absolute Gasteiger partial charge is 0.469 e. The van der Waals surface area contributed by atoms with E-state index in [9.17, 15) is 4.79 Å². The summed E-state index contributed by atoms with van der Waals surface area (Å²) in [6, 6.07) is 7.14. The maximum absolute atomic E-state index is 12.2. The zero-order valence-electron chi connectivity index (χ0n) is 12.3. The van der Waals surface area contributed by atoms with E-state index >= 15 is 0 Å². The molecule has 1 aromatic carbocycles. The van der Waals surface area contributed by atoms with Crippen molar-refractivity contribution in [1.29, 1.82) is 0 Å². The van der Waals surface area contributed by atoms with E-state index in [1.807, 2.05) is 18.2 Å². The third kappa shape index (κ3) is 2.13. The molecular formula is C17H17NO4. The monoisotopic (exact) mass is 299 g/mol. The lowest BCUT2D eigenvalue weighted by molar-refractivity contribution is -0.0716. The van der Waals surface area contributed by atoms with Crippen LogP contribution in [0.5, 0.6) is 11.5 Å². The van der Waals surface area contributed by atoms with Gasteiger partial charge in [0, 0.05) is 24.6 Å².